The van der Waals surface area contributed by atoms with Crippen LogP contribution in [0, 0.1) is 23.4 Å². The van der Waals surface area contributed by atoms with Crippen LogP contribution in [0.15, 0.2) is 54.6 Å². The molecule has 1 unspecified atom stereocenters. The highest BCUT2D eigenvalue weighted by Crippen LogP contribution is 2.40. The molecule has 4 nitrogen and oxygen atoms in total. The third-order valence-corrected chi connectivity index (χ3v) is 6.89. The molecule has 0 radical (unpaired) electrons. The van der Waals surface area contributed by atoms with Crippen LogP contribution in [0.1, 0.15) is 48.8 Å². The van der Waals surface area contributed by atoms with Gasteiger partial charge in [-0.3, -0.25) is 4.79 Å². The Balaban J connectivity index is 1.22. The summed E-state index contributed by atoms with van der Waals surface area (Å²) in [5.74, 6) is -2.93. The van der Waals surface area contributed by atoms with E-state index in [0.717, 1.165) is 5.56 Å². The van der Waals surface area contributed by atoms with E-state index in [0.29, 0.717) is 49.2 Å². The number of rotatable bonds is 6. The highest BCUT2D eigenvalue weighted by atomic mass is 19.2. The molecule has 0 amide bonds. The fraction of sp³-hybridized carbons (Fsp3) is 0.321. The number of halogens is 3. The van der Waals surface area contributed by atoms with E-state index in [2.05, 4.69) is 0 Å². The second kappa shape index (κ2) is 9.74. The Hall–Kier alpha value is -3.32. The molecule has 3 aromatic rings. The second-order valence-corrected chi connectivity index (χ2v) is 9.04. The quantitative estimate of drug-likeness (QED) is 0.222. The number of benzene rings is 3. The summed E-state index contributed by atoms with van der Waals surface area (Å²) in [5, 5.41) is 0. The Bertz CT molecular complexity index is 1230. The standard InChI is InChI=1S/C28H25F3O4/c1-33-20-9-6-17(7-10-20)22-12-11-21(26(30)27(22)31)16-2-4-18(5-3-16)28(32)35-24-13-8-19(14-23(24)29)25-15-34-25/h6-14,16,18,25H,2-5,15H2,1H3. The molecule has 2 aliphatic rings. The van der Waals surface area contributed by atoms with Gasteiger partial charge in [-0.25, -0.2) is 13.2 Å². The van der Waals surface area contributed by atoms with E-state index in [1.165, 1.54) is 12.1 Å². The van der Waals surface area contributed by atoms with E-state index in [-0.39, 0.29) is 23.3 Å². The van der Waals surface area contributed by atoms with Crippen molar-refractivity contribution in [2.75, 3.05) is 13.7 Å². The predicted molar refractivity (Wildman–Crippen MR) is 124 cm³/mol. The molecule has 7 heteroatoms. The van der Waals surface area contributed by atoms with Crippen molar-refractivity contribution in [3.63, 3.8) is 0 Å². The lowest BCUT2D eigenvalue weighted by molar-refractivity contribution is -0.140. The summed E-state index contributed by atoms with van der Waals surface area (Å²) in [6.45, 7) is 0.566. The minimum atomic E-state index is -0.885. The van der Waals surface area contributed by atoms with Gasteiger partial charge in [0, 0.05) is 5.56 Å². The van der Waals surface area contributed by atoms with Crippen molar-refractivity contribution >= 4 is 5.97 Å². The number of ether oxygens (including phenoxy) is 3. The number of epoxide rings is 1. The fourth-order valence-corrected chi connectivity index (χ4v) is 4.75. The van der Waals surface area contributed by atoms with Gasteiger partial charge >= 0.3 is 5.97 Å². The van der Waals surface area contributed by atoms with Crippen molar-refractivity contribution in [1.29, 1.82) is 0 Å². The number of methoxy groups -OCH3 is 1. The van der Waals surface area contributed by atoms with Crippen molar-refractivity contribution in [2.24, 2.45) is 5.92 Å². The zero-order valence-electron chi connectivity index (χ0n) is 19.2. The Morgan fingerprint density at radius 1 is 0.914 bits per heavy atom. The van der Waals surface area contributed by atoms with Crippen molar-refractivity contribution in [3.05, 3.63) is 83.2 Å². The first kappa shape index (κ1) is 23.4. The first-order chi connectivity index (χ1) is 16.9. The van der Waals surface area contributed by atoms with Gasteiger partial charge in [0.2, 0.25) is 0 Å². The molecule has 1 atom stereocenters. The molecule has 182 valence electrons. The molecule has 1 saturated heterocycles. The van der Waals surface area contributed by atoms with Crippen LogP contribution in [-0.4, -0.2) is 19.7 Å². The van der Waals surface area contributed by atoms with Crippen molar-refractivity contribution in [3.8, 4) is 22.6 Å². The van der Waals surface area contributed by atoms with Crippen molar-refractivity contribution in [2.45, 2.75) is 37.7 Å². The van der Waals surface area contributed by atoms with Crippen LogP contribution in [0.2, 0.25) is 0 Å². The van der Waals surface area contributed by atoms with Gasteiger partial charge in [0.25, 0.3) is 0 Å². The monoisotopic (exact) mass is 482 g/mol. The lowest BCUT2D eigenvalue weighted by Gasteiger charge is -2.28. The average Bonchev–Trinajstić information content (AvgIpc) is 3.73. The van der Waals surface area contributed by atoms with Crippen molar-refractivity contribution in [1.82, 2.24) is 0 Å². The van der Waals surface area contributed by atoms with Crippen LogP contribution in [0.5, 0.6) is 11.5 Å². The molecule has 1 aliphatic heterocycles. The maximum Gasteiger partial charge on any atom is 0.314 e. The molecule has 5 rings (SSSR count). The Morgan fingerprint density at radius 2 is 1.63 bits per heavy atom. The molecule has 1 saturated carbocycles. The summed E-state index contributed by atoms with van der Waals surface area (Å²) in [6, 6.07) is 14.4. The molecule has 3 aromatic carbocycles. The first-order valence-electron chi connectivity index (χ1n) is 11.7. The van der Waals surface area contributed by atoms with Gasteiger partial charge in [-0.2, -0.15) is 0 Å². The van der Waals surface area contributed by atoms with E-state index in [1.807, 2.05) is 0 Å². The molecule has 0 bridgehead atoms. The Morgan fingerprint density at radius 3 is 2.26 bits per heavy atom. The molecule has 0 N–H and O–H groups in total. The van der Waals surface area contributed by atoms with Gasteiger partial charge in [0.05, 0.1) is 19.6 Å². The van der Waals surface area contributed by atoms with Crippen LogP contribution in [0.4, 0.5) is 13.2 Å². The number of hydrogen-bond donors (Lipinski definition) is 0. The normalized spacial score (nSPS) is 21.4. The van der Waals surface area contributed by atoms with Crippen LogP contribution in [-0.2, 0) is 9.53 Å². The molecule has 35 heavy (non-hydrogen) atoms. The van der Waals surface area contributed by atoms with E-state index >= 15 is 4.39 Å². The lowest BCUT2D eigenvalue weighted by atomic mass is 9.78. The third-order valence-electron chi connectivity index (χ3n) is 6.89. The summed E-state index contributed by atoms with van der Waals surface area (Å²) in [4.78, 5) is 12.6. The zero-order chi connectivity index (χ0) is 24.5. The van der Waals surface area contributed by atoms with E-state index in [9.17, 15) is 13.6 Å². The highest BCUT2D eigenvalue weighted by Gasteiger charge is 2.32. The van der Waals surface area contributed by atoms with E-state index in [4.69, 9.17) is 14.2 Å². The van der Waals surface area contributed by atoms with Gasteiger partial charge in [0.15, 0.2) is 23.2 Å². The number of carbonyl (C=O) groups is 1. The average molecular weight is 482 g/mol. The summed E-state index contributed by atoms with van der Waals surface area (Å²) in [6.07, 6.45) is 1.86. The van der Waals surface area contributed by atoms with Gasteiger partial charge in [-0.05, 0) is 72.6 Å². The van der Waals surface area contributed by atoms with Gasteiger partial charge in [-0.1, -0.05) is 30.3 Å². The highest BCUT2D eigenvalue weighted by molar-refractivity contribution is 5.75. The van der Waals surface area contributed by atoms with Crippen LogP contribution in [0.3, 0.4) is 0 Å². The van der Waals surface area contributed by atoms with Crippen LogP contribution < -0.4 is 9.47 Å². The largest absolute Gasteiger partial charge is 0.497 e. The summed E-state index contributed by atoms with van der Waals surface area (Å²) < 4.78 is 59.8. The number of carbonyl (C=O) groups excluding carboxylic acids is 1. The second-order valence-electron chi connectivity index (χ2n) is 9.04. The summed E-state index contributed by atoms with van der Waals surface area (Å²) in [5.41, 5.74) is 1.78. The topological polar surface area (TPSA) is 48.1 Å². The number of hydrogen-bond acceptors (Lipinski definition) is 4. The first-order valence-corrected chi connectivity index (χ1v) is 11.7. The third kappa shape index (κ3) is 4.91. The molecule has 0 aromatic heterocycles. The molecule has 0 spiro atoms. The minimum absolute atomic E-state index is 0.0833. The smallest absolute Gasteiger partial charge is 0.314 e. The maximum absolute atomic E-state index is 15.0. The summed E-state index contributed by atoms with van der Waals surface area (Å²) in [7, 11) is 1.54. The predicted octanol–water partition coefficient (Wildman–Crippen LogP) is 6.73. The minimum Gasteiger partial charge on any atom is -0.497 e. The van der Waals surface area contributed by atoms with Crippen LogP contribution >= 0.6 is 0 Å². The Labute approximate surface area is 201 Å². The van der Waals surface area contributed by atoms with Gasteiger partial charge < -0.3 is 14.2 Å². The van der Waals surface area contributed by atoms with E-state index < -0.39 is 29.3 Å². The summed E-state index contributed by atoms with van der Waals surface area (Å²) >= 11 is 0. The van der Waals surface area contributed by atoms with Gasteiger partial charge in [-0.15, -0.1) is 0 Å². The van der Waals surface area contributed by atoms with Crippen LogP contribution in [0.25, 0.3) is 11.1 Å². The molecular formula is C28H25F3O4. The fourth-order valence-electron chi connectivity index (χ4n) is 4.75. The Kier molecular flexibility index (Phi) is 6.52. The van der Waals surface area contributed by atoms with E-state index in [1.54, 1.807) is 49.6 Å². The SMILES string of the molecule is COc1ccc(-c2ccc(C3CCC(C(=O)Oc4ccc(C5CO5)cc4F)CC3)c(F)c2F)cc1. The maximum atomic E-state index is 15.0. The van der Waals surface area contributed by atoms with Gasteiger partial charge in [0.1, 0.15) is 11.9 Å². The molecule has 2 fully saturated rings. The van der Waals surface area contributed by atoms with Crippen molar-refractivity contribution < 1.29 is 32.2 Å². The molecule has 1 aliphatic carbocycles. The lowest BCUT2D eigenvalue weighted by Crippen LogP contribution is -2.25. The number of esters is 1. The molecule has 1 heterocycles. The molecular weight excluding hydrogens is 457 g/mol. The zero-order valence-corrected chi connectivity index (χ0v) is 19.2.